The normalized spacial score (nSPS) is 17.0. The van der Waals surface area contributed by atoms with Gasteiger partial charge < -0.3 is 4.74 Å². The van der Waals surface area contributed by atoms with E-state index in [0.29, 0.717) is 6.61 Å². The van der Waals surface area contributed by atoms with E-state index in [2.05, 4.69) is 26.0 Å². The predicted octanol–water partition coefficient (Wildman–Crippen LogP) is 4.02. The molecule has 96 valence electrons. The molecule has 1 aliphatic carbocycles. The SMILES string of the molecule is CCOC(=O)C(CC=C(C)C)C1=CCCCC1. The summed E-state index contributed by atoms with van der Waals surface area (Å²) in [6, 6.07) is 0. The van der Waals surface area contributed by atoms with Crippen LogP contribution in [0.2, 0.25) is 0 Å². The van der Waals surface area contributed by atoms with Gasteiger partial charge in [-0.1, -0.05) is 23.3 Å². The summed E-state index contributed by atoms with van der Waals surface area (Å²) >= 11 is 0. The summed E-state index contributed by atoms with van der Waals surface area (Å²) in [5, 5.41) is 0. The van der Waals surface area contributed by atoms with E-state index in [1.807, 2.05) is 6.92 Å². The molecule has 0 aromatic carbocycles. The molecule has 0 fully saturated rings. The first-order valence-electron chi connectivity index (χ1n) is 6.64. The van der Waals surface area contributed by atoms with Gasteiger partial charge in [-0.3, -0.25) is 4.79 Å². The molecule has 1 atom stereocenters. The Kier molecular flexibility index (Phi) is 6.03. The van der Waals surface area contributed by atoms with Crippen LogP contribution < -0.4 is 0 Å². The van der Waals surface area contributed by atoms with Crippen LogP contribution in [0.1, 0.15) is 52.9 Å². The molecule has 0 N–H and O–H groups in total. The van der Waals surface area contributed by atoms with Crippen LogP contribution in [0.3, 0.4) is 0 Å². The molecule has 1 aliphatic rings. The molecule has 17 heavy (non-hydrogen) atoms. The monoisotopic (exact) mass is 236 g/mol. The van der Waals surface area contributed by atoms with Crippen LogP contribution in [0.4, 0.5) is 0 Å². The lowest BCUT2D eigenvalue weighted by atomic mass is 9.87. The summed E-state index contributed by atoms with van der Waals surface area (Å²) in [4.78, 5) is 12.0. The van der Waals surface area contributed by atoms with Crippen molar-refractivity contribution in [1.29, 1.82) is 0 Å². The van der Waals surface area contributed by atoms with Crippen LogP contribution in [0, 0.1) is 5.92 Å². The molecule has 1 unspecified atom stereocenters. The Morgan fingerprint density at radius 2 is 2.24 bits per heavy atom. The predicted molar refractivity (Wildman–Crippen MR) is 70.7 cm³/mol. The first-order valence-corrected chi connectivity index (χ1v) is 6.64. The molecular weight excluding hydrogens is 212 g/mol. The highest BCUT2D eigenvalue weighted by Gasteiger charge is 2.23. The lowest BCUT2D eigenvalue weighted by Crippen LogP contribution is -2.20. The van der Waals surface area contributed by atoms with Gasteiger partial charge in [0.05, 0.1) is 12.5 Å². The summed E-state index contributed by atoms with van der Waals surface area (Å²) in [6.45, 7) is 6.47. The third kappa shape index (κ3) is 4.76. The summed E-state index contributed by atoms with van der Waals surface area (Å²) < 4.78 is 5.18. The summed E-state index contributed by atoms with van der Waals surface area (Å²) in [5.74, 6) is -0.108. The topological polar surface area (TPSA) is 26.3 Å². The average molecular weight is 236 g/mol. The van der Waals surface area contributed by atoms with E-state index in [0.717, 1.165) is 19.3 Å². The van der Waals surface area contributed by atoms with Gasteiger partial charge in [0.1, 0.15) is 0 Å². The molecule has 0 radical (unpaired) electrons. The molecule has 0 aromatic heterocycles. The Bertz CT molecular complexity index is 309. The van der Waals surface area contributed by atoms with Crippen LogP contribution in [-0.2, 0) is 9.53 Å². The maximum absolute atomic E-state index is 12.0. The minimum Gasteiger partial charge on any atom is -0.466 e. The third-order valence-electron chi connectivity index (χ3n) is 3.11. The van der Waals surface area contributed by atoms with Crippen LogP contribution in [0.25, 0.3) is 0 Å². The molecule has 0 saturated heterocycles. The van der Waals surface area contributed by atoms with Gasteiger partial charge in [-0.25, -0.2) is 0 Å². The smallest absolute Gasteiger partial charge is 0.313 e. The van der Waals surface area contributed by atoms with Crippen molar-refractivity contribution in [3.63, 3.8) is 0 Å². The van der Waals surface area contributed by atoms with Gasteiger partial charge >= 0.3 is 5.97 Å². The molecule has 0 saturated carbocycles. The zero-order valence-electron chi connectivity index (χ0n) is 11.3. The van der Waals surface area contributed by atoms with Crippen molar-refractivity contribution < 1.29 is 9.53 Å². The molecule has 0 amide bonds. The number of esters is 1. The van der Waals surface area contributed by atoms with Gasteiger partial charge in [0.15, 0.2) is 0 Å². The van der Waals surface area contributed by atoms with E-state index < -0.39 is 0 Å². The Labute approximate surface area is 105 Å². The molecule has 1 rings (SSSR count). The number of hydrogen-bond donors (Lipinski definition) is 0. The van der Waals surface area contributed by atoms with Crippen LogP contribution in [-0.4, -0.2) is 12.6 Å². The molecule has 0 aromatic rings. The van der Waals surface area contributed by atoms with E-state index in [-0.39, 0.29) is 11.9 Å². The first-order chi connectivity index (χ1) is 8.15. The molecule has 0 heterocycles. The largest absolute Gasteiger partial charge is 0.466 e. The summed E-state index contributed by atoms with van der Waals surface area (Å²) in [5.41, 5.74) is 2.54. The highest BCUT2D eigenvalue weighted by Crippen LogP contribution is 2.28. The Balaban J connectivity index is 2.73. The lowest BCUT2D eigenvalue weighted by molar-refractivity contribution is -0.146. The number of allylic oxidation sites excluding steroid dienone is 3. The van der Waals surface area contributed by atoms with Crippen molar-refractivity contribution in [2.24, 2.45) is 5.92 Å². The molecule has 2 heteroatoms. The number of hydrogen-bond acceptors (Lipinski definition) is 2. The highest BCUT2D eigenvalue weighted by molar-refractivity contribution is 5.76. The maximum atomic E-state index is 12.0. The second-order valence-corrected chi connectivity index (χ2v) is 4.85. The van der Waals surface area contributed by atoms with Gasteiger partial charge in [-0.15, -0.1) is 0 Å². The lowest BCUT2D eigenvalue weighted by Gasteiger charge is -2.20. The van der Waals surface area contributed by atoms with Crippen molar-refractivity contribution in [3.8, 4) is 0 Å². The summed E-state index contributed by atoms with van der Waals surface area (Å²) in [7, 11) is 0. The quantitative estimate of drug-likeness (QED) is 0.532. The van der Waals surface area contributed by atoms with E-state index >= 15 is 0 Å². The second-order valence-electron chi connectivity index (χ2n) is 4.85. The first kappa shape index (κ1) is 14.0. The fraction of sp³-hybridized carbons (Fsp3) is 0.667. The second kappa shape index (κ2) is 7.31. The number of carbonyl (C=O) groups is 1. The standard InChI is InChI=1S/C15H24O2/c1-4-17-15(16)14(11-10-12(2)3)13-8-6-5-7-9-13/h8,10,14H,4-7,9,11H2,1-3H3. The van der Waals surface area contributed by atoms with E-state index in [1.165, 1.54) is 24.0 Å². The van der Waals surface area contributed by atoms with Gasteiger partial charge in [-0.2, -0.15) is 0 Å². The van der Waals surface area contributed by atoms with Gasteiger partial charge in [0, 0.05) is 0 Å². The van der Waals surface area contributed by atoms with Gasteiger partial charge in [0.2, 0.25) is 0 Å². The molecule has 2 nitrogen and oxygen atoms in total. The van der Waals surface area contributed by atoms with Crippen molar-refractivity contribution in [2.45, 2.75) is 52.9 Å². The Morgan fingerprint density at radius 1 is 1.47 bits per heavy atom. The summed E-state index contributed by atoms with van der Waals surface area (Å²) in [6.07, 6.45) is 9.78. The maximum Gasteiger partial charge on any atom is 0.313 e. The highest BCUT2D eigenvalue weighted by atomic mass is 16.5. The zero-order valence-corrected chi connectivity index (χ0v) is 11.3. The Morgan fingerprint density at radius 3 is 2.76 bits per heavy atom. The minimum atomic E-state index is -0.0573. The zero-order chi connectivity index (χ0) is 12.7. The van der Waals surface area contributed by atoms with Crippen molar-refractivity contribution in [2.75, 3.05) is 6.61 Å². The number of carbonyl (C=O) groups excluding carboxylic acids is 1. The molecule has 0 bridgehead atoms. The van der Waals surface area contributed by atoms with E-state index in [4.69, 9.17) is 4.74 Å². The van der Waals surface area contributed by atoms with Gasteiger partial charge in [-0.05, 0) is 52.9 Å². The number of ether oxygens (including phenoxy) is 1. The fourth-order valence-corrected chi connectivity index (χ4v) is 2.17. The fourth-order valence-electron chi connectivity index (χ4n) is 2.17. The van der Waals surface area contributed by atoms with Crippen LogP contribution in [0.5, 0.6) is 0 Å². The van der Waals surface area contributed by atoms with Crippen molar-refractivity contribution in [1.82, 2.24) is 0 Å². The molecule has 0 aliphatic heterocycles. The Hall–Kier alpha value is -1.05. The third-order valence-corrected chi connectivity index (χ3v) is 3.11. The molecule has 0 spiro atoms. The molecular formula is C15H24O2. The minimum absolute atomic E-state index is 0.0508. The van der Waals surface area contributed by atoms with E-state index in [9.17, 15) is 4.79 Å². The average Bonchev–Trinajstić information content (AvgIpc) is 2.30. The van der Waals surface area contributed by atoms with E-state index in [1.54, 1.807) is 0 Å². The van der Waals surface area contributed by atoms with Gasteiger partial charge in [0.25, 0.3) is 0 Å². The van der Waals surface area contributed by atoms with Crippen molar-refractivity contribution >= 4 is 5.97 Å². The van der Waals surface area contributed by atoms with Crippen LogP contribution >= 0.6 is 0 Å². The van der Waals surface area contributed by atoms with Crippen molar-refractivity contribution in [3.05, 3.63) is 23.3 Å². The van der Waals surface area contributed by atoms with Crippen LogP contribution in [0.15, 0.2) is 23.3 Å². The number of rotatable bonds is 5.